The molecule has 13 nitrogen and oxygen atoms in total. The van der Waals surface area contributed by atoms with E-state index in [1.54, 1.807) is 72.8 Å². The van der Waals surface area contributed by atoms with Crippen LogP contribution in [0.15, 0.2) is 152 Å². The van der Waals surface area contributed by atoms with Gasteiger partial charge in [0.05, 0.1) is 6.04 Å². The van der Waals surface area contributed by atoms with Crippen molar-refractivity contribution in [1.82, 2.24) is 31.9 Å². The van der Waals surface area contributed by atoms with Crippen molar-refractivity contribution >= 4 is 35.5 Å². The topological polar surface area (TPSA) is 195 Å². The van der Waals surface area contributed by atoms with Gasteiger partial charge in [-0.15, -0.1) is 0 Å². The van der Waals surface area contributed by atoms with Crippen molar-refractivity contribution in [1.29, 1.82) is 0 Å². The molecule has 5 aromatic carbocycles. The molecule has 13 heteroatoms. The minimum absolute atomic E-state index is 0.0164. The van der Waals surface area contributed by atoms with Gasteiger partial charge in [0, 0.05) is 32.1 Å². The highest BCUT2D eigenvalue weighted by molar-refractivity contribution is 5.97. The lowest BCUT2D eigenvalue weighted by Gasteiger charge is -2.27. The fraction of sp³-hybridized carbons (Fsp3) is 0.280. The average molecular weight is 851 g/mol. The number of benzene rings is 5. The van der Waals surface area contributed by atoms with Crippen LogP contribution in [0.2, 0.25) is 0 Å². The summed E-state index contributed by atoms with van der Waals surface area (Å²) in [5, 5.41) is 27.4. The van der Waals surface area contributed by atoms with Crippen LogP contribution in [0, 0.1) is 0 Å². The molecule has 1 heterocycles. The Kier molecular flexibility index (Phi) is 16.7. The minimum Gasteiger partial charge on any atom is -0.480 e. The number of aliphatic carboxylic acids is 1. The Morgan fingerprint density at radius 2 is 0.698 bits per heavy atom. The van der Waals surface area contributed by atoms with Gasteiger partial charge in [-0.25, -0.2) is 4.79 Å². The third-order valence-corrected chi connectivity index (χ3v) is 10.9. The van der Waals surface area contributed by atoms with Crippen LogP contribution in [-0.4, -0.2) is 83.4 Å². The summed E-state index contributed by atoms with van der Waals surface area (Å²) in [6.07, 6.45) is 1.77. The number of rotatable bonds is 21. The Labute approximate surface area is 367 Å². The fourth-order valence-corrected chi connectivity index (χ4v) is 7.56. The van der Waals surface area contributed by atoms with Crippen LogP contribution in [0.25, 0.3) is 0 Å². The molecule has 6 rings (SSSR count). The van der Waals surface area contributed by atoms with Gasteiger partial charge in [-0.05, 0) is 47.2 Å². The van der Waals surface area contributed by atoms with Crippen LogP contribution in [0.5, 0.6) is 0 Å². The molecule has 0 aromatic heterocycles. The van der Waals surface area contributed by atoms with E-state index in [9.17, 15) is 33.9 Å². The van der Waals surface area contributed by atoms with Crippen LogP contribution >= 0.6 is 0 Å². The zero-order chi connectivity index (χ0) is 44.4. The molecule has 6 unspecified atom stereocenters. The van der Waals surface area contributed by atoms with Crippen molar-refractivity contribution in [2.75, 3.05) is 6.54 Å². The van der Waals surface area contributed by atoms with Gasteiger partial charge < -0.3 is 37.0 Å². The first-order chi connectivity index (χ1) is 30.6. The summed E-state index contributed by atoms with van der Waals surface area (Å²) in [5.74, 6) is -4.19. The van der Waals surface area contributed by atoms with E-state index < -0.39 is 65.8 Å². The molecule has 326 valence electrons. The maximum atomic E-state index is 14.6. The highest BCUT2D eigenvalue weighted by atomic mass is 16.4. The van der Waals surface area contributed by atoms with Gasteiger partial charge in [-0.3, -0.25) is 24.0 Å². The first kappa shape index (κ1) is 45.4. The van der Waals surface area contributed by atoms with Crippen LogP contribution < -0.4 is 31.9 Å². The van der Waals surface area contributed by atoms with Gasteiger partial charge in [0.1, 0.15) is 30.2 Å². The molecular weight excluding hydrogens is 797 g/mol. The Bertz CT molecular complexity index is 2260. The highest BCUT2D eigenvalue weighted by Crippen LogP contribution is 2.13. The van der Waals surface area contributed by atoms with Crippen molar-refractivity contribution in [3.63, 3.8) is 0 Å². The van der Waals surface area contributed by atoms with Crippen LogP contribution in [-0.2, 0) is 60.9 Å². The van der Waals surface area contributed by atoms with Gasteiger partial charge in [0.25, 0.3) is 0 Å². The predicted molar refractivity (Wildman–Crippen MR) is 239 cm³/mol. The molecule has 1 aliphatic rings. The van der Waals surface area contributed by atoms with Crippen LogP contribution in [0.4, 0.5) is 0 Å². The predicted octanol–water partition coefficient (Wildman–Crippen LogP) is 3.46. The van der Waals surface area contributed by atoms with Gasteiger partial charge in [0.15, 0.2) is 0 Å². The van der Waals surface area contributed by atoms with E-state index in [0.29, 0.717) is 29.7 Å². The summed E-state index contributed by atoms with van der Waals surface area (Å²) in [5.41, 5.74) is 3.68. The SMILES string of the molecule is O=C(O)C(Cc1ccccc1)NC(=O)C(Cc1ccccc1)NC(=O)C(Cc1ccccc1)NC(=O)C(Cc1ccccc1)NC(=O)C(Cc1ccccc1)NC(=O)C1CCCN1. The minimum atomic E-state index is -1.29. The molecule has 5 aromatic rings. The average Bonchev–Trinajstić information content (AvgIpc) is 3.85. The summed E-state index contributed by atoms with van der Waals surface area (Å²) in [4.78, 5) is 83.1. The summed E-state index contributed by atoms with van der Waals surface area (Å²) in [6.45, 7) is 0.694. The number of amides is 5. The molecule has 7 N–H and O–H groups in total. The van der Waals surface area contributed by atoms with Gasteiger partial charge >= 0.3 is 5.97 Å². The molecule has 1 fully saturated rings. The fourth-order valence-electron chi connectivity index (χ4n) is 7.56. The van der Waals surface area contributed by atoms with E-state index in [2.05, 4.69) is 31.9 Å². The highest BCUT2D eigenvalue weighted by Gasteiger charge is 2.34. The smallest absolute Gasteiger partial charge is 0.326 e. The molecule has 0 saturated carbocycles. The van der Waals surface area contributed by atoms with Crippen molar-refractivity contribution in [2.45, 2.75) is 81.2 Å². The zero-order valence-electron chi connectivity index (χ0n) is 35.0. The lowest BCUT2D eigenvalue weighted by atomic mass is 10.00. The van der Waals surface area contributed by atoms with E-state index in [1.165, 1.54) is 0 Å². The maximum Gasteiger partial charge on any atom is 0.326 e. The molecule has 5 amide bonds. The molecular formula is C50H54N6O7. The molecule has 63 heavy (non-hydrogen) atoms. The monoisotopic (exact) mass is 850 g/mol. The van der Waals surface area contributed by atoms with E-state index in [4.69, 9.17) is 0 Å². The molecule has 0 radical (unpaired) electrons. The summed E-state index contributed by atoms with van der Waals surface area (Å²) in [6, 6.07) is 38.9. The second kappa shape index (κ2) is 23.2. The second-order valence-electron chi connectivity index (χ2n) is 15.7. The normalized spacial score (nSPS) is 15.7. The number of carbonyl (C=O) groups excluding carboxylic acids is 5. The van der Waals surface area contributed by atoms with Crippen molar-refractivity contribution in [3.05, 3.63) is 179 Å². The Morgan fingerprint density at radius 1 is 0.429 bits per heavy atom. The van der Waals surface area contributed by atoms with E-state index in [0.717, 1.165) is 17.5 Å². The van der Waals surface area contributed by atoms with Gasteiger partial charge in [-0.2, -0.15) is 0 Å². The first-order valence-electron chi connectivity index (χ1n) is 21.3. The number of carbonyl (C=O) groups is 6. The standard InChI is InChI=1S/C50H54N6O7/c57-45(39-27-16-28-51-39)52-40(29-34-17-6-1-7-18-34)46(58)53-41(30-35-19-8-2-9-20-35)47(59)54-42(31-36-21-10-3-11-22-36)48(60)55-43(32-37-23-12-4-13-24-37)49(61)56-44(50(62)63)33-38-25-14-5-15-26-38/h1-15,17-26,39-44,51H,16,27-33H2,(H,52,57)(H,53,58)(H,54,59)(H,55,60)(H,56,61)(H,62,63). The molecule has 1 saturated heterocycles. The summed E-state index contributed by atoms with van der Waals surface area (Å²) >= 11 is 0. The Hall–Kier alpha value is -7.12. The van der Waals surface area contributed by atoms with Crippen molar-refractivity contribution in [3.8, 4) is 0 Å². The molecule has 6 atom stereocenters. The van der Waals surface area contributed by atoms with Crippen molar-refractivity contribution in [2.24, 2.45) is 0 Å². The van der Waals surface area contributed by atoms with Gasteiger partial charge in [0.2, 0.25) is 29.5 Å². The van der Waals surface area contributed by atoms with E-state index in [1.807, 2.05) is 78.9 Å². The second-order valence-corrected chi connectivity index (χ2v) is 15.7. The number of carboxylic acid groups (broad SMARTS) is 1. The quantitative estimate of drug-likeness (QED) is 0.0584. The maximum absolute atomic E-state index is 14.6. The lowest BCUT2D eigenvalue weighted by Crippen LogP contribution is -2.60. The lowest BCUT2D eigenvalue weighted by molar-refractivity contribution is -0.142. The van der Waals surface area contributed by atoms with E-state index in [-0.39, 0.29) is 38.0 Å². The van der Waals surface area contributed by atoms with Gasteiger partial charge in [-0.1, -0.05) is 152 Å². The third-order valence-electron chi connectivity index (χ3n) is 10.9. The van der Waals surface area contributed by atoms with Crippen LogP contribution in [0.1, 0.15) is 40.7 Å². The number of carboxylic acids is 1. The Balaban J connectivity index is 1.26. The zero-order valence-corrected chi connectivity index (χ0v) is 35.0. The molecule has 0 aliphatic carbocycles. The van der Waals surface area contributed by atoms with Crippen LogP contribution in [0.3, 0.4) is 0 Å². The summed E-state index contributed by atoms with van der Waals surface area (Å²) < 4.78 is 0. The molecule has 0 spiro atoms. The summed E-state index contributed by atoms with van der Waals surface area (Å²) in [7, 11) is 0. The third kappa shape index (κ3) is 14.2. The molecule has 0 bridgehead atoms. The number of hydrogen-bond donors (Lipinski definition) is 7. The van der Waals surface area contributed by atoms with Crippen molar-refractivity contribution < 1.29 is 33.9 Å². The van der Waals surface area contributed by atoms with E-state index >= 15 is 0 Å². The number of hydrogen-bond acceptors (Lipinski definition) is 7. The largest absolute Gasteiger partial charge is 0.480 e. The molecule has 1 aliphatic heterocycles. The number of nitrogens with one attached hydrogen (secondary N) is 6. The first-order valence-corrected chi connectivity index (χ1v) is 21.3. The Morgan fingerprint density at radius 3 is 0.968 bits per heavy atom.